The standard InChI is InChI=1S/C21H27ClN4O2S2/c1-4-25(5-2)30(27,28)24-21(29-3)26-15-19(16-9-7-6-8-10-16)20(23-26)17-11-13-18(22)14-12-17/h6-14,19,21,24H,4-5,15H2,1-3H3. The molecule has 1 N–H and O–H groups in total. The highest BCUT2D eigenvalue weighted by molar-refractivity contribution is 8.00. The zero-order chi connectivity index (χ0) is 21.7. The molecule has 6 nitrogen and oxygen atoms in total. The molecule has 0 amide bonds. The molecule has 2 unspecified atom stereocenters. The molecule has 0 bridgehead atoms. The van der Waals surface area contributed by atoms with Crippen LogP contribution >= 0.6 is 23.4 Å². The number of benzene rings is 2. The van der Waals surface area contributed by atoms with Crippen molar-refractivity contribution in [1.29, 1.82) is 0 Å². The van der Waals surface area contributed by atoms with Crippen molar-refractivity contribution in [3.05, 3.63) is 70.7 Å². The molecule has 1 aliphatic rings. The minimum Gasteiger partial charge on any atom is -0.268 e. The van der Waals surface area contributed by atoms with E-state index < -0.39 is 15.7 Å². The Morgan fingerprint density at radius 1 is 1.17 bits per heavy atom. The first-order chi connectivity index (χ1) is 14.4. The first kappa shape index (κ1) is 23.1. The smallest absolute Gasteiger partial charge is 0.268 e. The molecule has 2 aromatic carbocycles. The van der Waals surface area contributed by atoms with E-state index in [1.807, 2.05) is 67.6 Å². The first-order valence-electron chi connectivity index (χ1n) is 9.85. The quantitative estimate of drug-likeness (QED) is 0.568. The van der Waals surface area contributed by atoms with Crippen LogP contribution in [0.5, 0.6) is 0 Å². The summed E-state index contributed by atoms with van der Waals surface area (Å²) in [4.78, 5) is 0. The number of hydrogen-bond donors (Lipinski definition) is 1. The summed E-state index contributed by atoms with van der Waals surface area (Å²) in [6.07, 6.45) is 1.88. The van der Waals surface area contributed by atoms with Gasteiger partial charge in [-0.1, -0.05) is 67.9 Å². The molecule has 2 atom stereocenters. The van der Waals surface area contributed by atoms with E-state index in [1.165, 1.54) is 16.1 Å². The number of halogens is 1. The van der Waals surface area contributed by atoms with Gasteiger partial charge < -0.3 is 0 Å². The molecule has 3 rings (SSSR count). The highest BCUT2D eigenvalue weighted by Gasteiger charge is 2.35. The number of thioether (sulfide) groups is 1. The minimum absolute atomic E-state index is 0.0278. The molecule has 0 aliphatic carbocycles. The molecule has 1 aliphatic heterocycles. The number of nitrogens with zero attached hydrogens (tertiary/aromatic N) is 3. The summed E-state index contributed by atoms with van der Waals surface area (Å²) in [5.74, 6) is 0.0278. The van der Waals surface area contributed by atoms with Gasteiger partial charge in [-0.3, -0.25) is 5.01 Å². The molecule has 0 radical (unpaired) electrons. The van der Waals surface area contributed by atoms with Crippen LogP contribution in [0.3, 0.4) is 0 Å². The Morgan fingerprint density at radius 3 is 2.37 bits per heavy atom. The highest BCUT2D eigenvalue weighted by atomic mass is 35.5. The lowest BCUT2D eigenvalue weighted by atomic mass is 9.91. The van der Waals surface area contributed by atoms with Crippen molar-refractivity contribution in [2.24, 2.45) is 5.10 Å². The van der Waals surface area contributed by atoms with Gasteiger partial charge in [0.1, 0.15) is 0 Å². The second-order valence-corrected chi connectivity index (χ2v) is 9.93. The average molecular weight is 467 g/mol. The van der Waals surface area contributed by atoms with Crippen molar-refractivity contribution in [2.75, 3.05) is 25.9 Å². The predicted octanol–water partition coefficient (Wildman–Crippen LogP) is 3.97. The Balaban J connectivity index is 1.93. The van der Waals surface area contributed by atoms with Gasteiger partial charge in [-0.2, -0.15) is 22.5 Å². The third kappa shape index (κ3) is 5.18. The lowest BCUT2D eigenvalue weighted by Crippen LogP contribution is -2.49. The largest absolute Gasteiger partial charge is 0.281 e. The Morgan fingerprint density at radius 2 is 1.80 bits per heavy atom. The predicted molar refractivity (Wildman–Crippen MR) is 126 cm³/mol. The second-order valence-electron chi connectivity index (χ2n) is 6.87. The zero-order valence-electron chi connectivity index (χ0n) is 17.3. The van der Waals surface area contributed by atoms with Crippen molar-refractivity contribution in [1.82, 2.24) is 14.0 Å². The van der Waals surface area contributed by atoms with Gasteiger partial charge in [0.15, 0.2) is 5.50 Å². The molecule has 0 saturated carbocycles. The van der Waals surface area contributed by atoms with Crippen molar-refractivity contribution in [3.63, 3.8) is 0 Å². The maximum absolute atomic E-state index is 12.8. The number of hydrogen-bond acceptors (Lipinski definition) is 5. The summed E-state index contributed by atoms with van der Waals surface area (Å²) >= 11 is 7.48. The second kappa shape index (κ2) is 10.2. The normalized spacial score (nSPS) is 18.0. The van der Waals surface area contributed by atoms with Crippen LogP contribution in [-0.4, -0.2) is 54.8 Å². The average Bonchev–Trinajstić information content (AvgIpc) is 3.19. The summed E-state index contributed by atoms with van der Waals surface area (Å²) in [6, 6.07) is 17.8. The molecule has 30 heavy (non-hydrogen) atoms. The summed E-state index contributed by atoms with van der Waals surface area (Å²) in [6.45, 7) is 5.07. The Kier molecular flexibility index (Phi) is 7.81. The molecule has 1 heterocycles. The van der Waals surface area contributed by atoms with E-state index in [1.54, 1.807) is 0 Å². The van der Waals surface area contributed by atoms with E-state index in [4.69, 9.17) is 16.7 Å². The fraction of sp³-hybridized carbons (Fsp3) is 0.381. The van der Waals surface area contributed by atoms with Crippen molar-refractivity contribution >= 4 is 39.3 Å². The molecular formula is C21H27ClN4O2S2. The third-order valence-corrected chi connectivity index (χ3v) is 7.99. The fourth-order valence-electron chi connectivity index (χ4n) is 3.49. The van der Waals surface area contributed by atoms with Crippen LogP contribution < -0.4 is 4.72 Å². The van der Waals surface area contributed by atoms with Crippen molar-refractivity contribution < 1.29 is 8.42 Å². The molecule has 0 fully saturated rings. The van der Waals surface area contributed by atoms with Gasteiger partial charge in [-0.25, -0.2) is 0 Å². The van der Waals surface area contributed by atoms with E-state index in [2.05, 4.69) is 16.9 Å². The third-order valence-electron chi connectivity index (χ3n) is 5.07. The van der Waals surface area contributed by atoms with Crippen molar-refractivity contribution in [3.8, 4) is 0 Å². The lowest BCUT2D eigenvalue weighted by molar-refractivity contribution is 0.274. The van der Waals surface area contributed by atoms with Crippen LogP contribution in [0.1, 0.15) is 30.9 Å². The first-order valence-corrected chi connectivity index (χ1v) is 13.0. The van der Waals surface area contributed by atoms with Crippen LogP contribution in [0.2, 0.25) is 5.02 Å². The van der Waals surface area contributed by atoms with Gasteiger partial charge in [-0.15, -0.1) is 11.8 Å². The maximum atomic E-state index is 12.8. The summed E-state index contributed by atoms with van der Waals surface area (Å²) in [5, 5.41) is 7.35. The van der Waals surface area contributed by atoms with Gasteiger partial charge >= 0.3 is 0 Å². The number of nitrogens with one attached hydrogen (secondary N) is 1. The summed E-state index contributed by atoms with van der Waals surface area (Å²) in [7, 11) is -3.61. The molecule has 162 valence electrons. The van der Waals surface area contributed by atoms with Gasteiger partial charge in [0.2, 0.25) is 0 Å². The summed E-state index contributed by atoms with van der Waals surface area (Å²) in [5.41, 5.74) is 2.51. The van der Waals surface area contributed by atoms with E-state index in [-0.39, 0.29) is 5.92 Å². The molecule has 0 spiro atoms. The number of hydrazone groups is 1. The minimum atomic E-state index is -3.61. The monoisotopic (exact) mass is 466 g/mol. The van der Waals surface area contributed by atoms with Crippen LogP contribution in [0.4, 0.5) is 0 Å². The van der Waals surface area contributed by atoms with Gasteiger partial charge in [0.25, 0.3) is 10.2 Å². The fourth-order valence-corrected chi connectivity index (χ4v) is 5.95. The van der Waals surface area contributed by atoms with Crippen LogP contribution in [0.15, 0.2) is 59.7 Å². The molecule has 0 saturated heterocycles. The Bertz CT molecular complexity index is 964. The highest BCUT2D eigenvalue weighted by Crippen LogP contribution is 2.31. The van der Waals surface area contributed by atoms with Gasteiger partial charge in [-0.05, 0) is 29.5 Å². The molecule has 9 heteroatoms. The van der Waals surface area contributed by atoms with Crippen molar-refractivity contribution in [2.45, 2.75) is 25.3 Å². The topological polar surface area (TPSA) is 65.0 Å². The molecule has 0 aromatic heterocycles. The van der Waals surface area contributed by atoms with Crippen LogP contribution in [0, 0.1) is 0 Å². The van der Waals surface area contributed by atoms with Gasteiger partial charge in [0.05, 0.1) is 12.3 Å². The maximum Gasteiger partial charge on any atom is 0.281 e. The SMILES string of the molecule is CCN(CC)S(=O)(=O)NC(SC)N1CC(c2ccccc2)C(c2ccc(Cl)cc2)=N1. The Labute approximate surface area is 188 Å². The lowest BCUT2D eigenvalue weighted by Gasteiger charge is -2.28. The molecular weight excluding hydrogens is 440 g/mol. The van der Waals surface area contributed by atoms with Crippen LogP contribution in [0.25, 0.3) is 0 Å². The Hall–Kier alpha value is -1.58. The zero-order valence-corrected chi connectivity index (χ0v) is 19.7. The van der Waals surface area contributed by atoms with Gasteiger partial charge in [0, 0.05) is 24.0 Å². The summed E-state index contributed by atoms with van der Waals surface area (Å²) < 4.78 is 29.7. The van der Waals surface area contributed by atoms with E-state index in [0.717, 1.165) is 16.8 Å². The molecule has 2 aromatic rings. The van der Waals surface area contributed by atoms with E-state index >= 15 is 0 Å². The van der Waals surface area contributed by atoms with E-state index in [9.17, 15) is 8.42 Å². The number of rotatable bonds is 9. The van der Waals surface area contributed by atoms with Crippen LogP contribution in [-0.2, 0) is 10.2 Å². The van der Waals surface area contributed by atoms with E-state index in [0.29, 0.717) is 24.7 Å².